The molecular formula is C15H20O5. The molecule has 110 valence electrons. The molecule has 5 nitrogen and oxygen atoms in total. The van der Waals surface area contributed by atoms with Crippen molar-refractivity contribution < 1.29 is 24.9 Å². The van der Waals surface area contributed by atoms with Crippen molar-refractivity contribution in [1.29, 1.82) is 0 Å². The number of carbonyl (C=O) groups is 1. The number of hydrogen-bond acceptors (Lipinski definition) is 5. The van der Waals surface area contributed by atoms with Gasteiger partial charge in [0.2, 0.25) is 0 Å². The van der Waals surface area contributed by atoms with Gasteiger partial charge in [-0.25, -0.2) is 4.79 Å². The molecule has 2 fully saturated rings. The maximum absolute atomic E-state index is 11.7. The molecule has 1 heterocycles. The van der Waals surface area contributed by atoms with Crippen molar-refractivity contribution in [3.63, 3.8) is 0 Å². The molecule has 2 aliphatic carbocycles. The number of aliphatic hydroxyl groups is 3. The molecule has 0 spiro atoms. The summed E-state index contributed by atoms with van der Waals surface area (Å²) in [6, 6.07) is 0. The summed E-state index contributed by atoms with van der Waals surface area (Å²) < 4.78 is 5.39. The van der Waals surface area contributed by atoms with Gasteiger partial charge in [0.05, 0.1) is 11.5 Å². The summed E-state index contributed by atoms with van der Waals surface area (Å²) in [6.07, 6.45) is 0.572. The summed E-state index contributed by atoms with van der Waals surface area (Å²) in [5.74, 6) is -1.28. The van der Waals surface area contributed by atoms with E-state index >= 15 is 0 Å². The first-order valence-electron chi connectivity index (χ1n) is 6.91. The molecule has 3 N–H and O–H groups in total. The summed E-state index contributed by atoms with van der Waals surface area (Å²) in [5.41, 5.74) is -2.06. The fraction of sp³-hybridized carbons (Fsp3) is 0.667. The predicted octanol–water partition coefficient (Wildman–Crippen LogP) is 0.297. The van der Waals surface area contributed by atoms with E-state index in [-0.39, 0.29) is 12.3 Å². The first-order chi connectivity index (χ1) is 9.20. The number of rotatable bonds is 0. The van der Waals surface area contributed by atoms with E-state index in [0.717, 1.165) is 5.57 Å². The minimum Gasteiger partial charge on any atom is -0.458 e. The van der Waals surface area contributed by atoms with E-state index in [2.05, 4.69) is 6.58 Å². The van der Waals surface area contributed by atoms with Crippen LogP contribution in [0.15, 0.2) is 23.8 Å². The summed E-state index contributed by atoms with van der Waals surface area (Å²) in [5, 5.41) is 31.9. The summed E-state index contributed by atoms with van der Waals surface area (Å²) in [7, 11) is 0. The van der Waals surface area contributed by atoms with Gasteiger partial charge in [-0.15, -0.1) is 0 Å². The highest BCUT2D eigenvalue weighted by Crippen LogP contribution is 2.54. The molecule has 0 aromatic rings. The van der Waals surface area contributed by atoms with Gasteiger partial charge in [0.25, 0.3) is 0 Å². The lowest BCUT2D eigenvalue weighted by Gasteiger charge is -2.44. The van der Waals surface area contributed by atoms with Crippen molar-refractivity contribution in [2.75, 3.05) is 0 Å². The van der Waals surface area contributed by atoms with Crippen LogP contribution in [0.25, 0.3) is 0 Å². The fourth-order valence-corrected chi connectivity index (χ4v) is 4.08. The topological polar surface area (TPSA) is 87.0 Å². The number of hydrogen-bond donors (Lipinski definition) is 3. The second-order valence-electron chi connectivity index (χ2n) is 6.47. The van der Waals surface area contributed by atoms with E-state index in [4.69, 9.17) is 4.74 Å². The van der Waals surface area contributed by atoms with Crippen LogP contribution >= 0.6 is 0 Å². The van der Waals surface area contributed by atoms with Gasteiger partial charge >= 0.3 is 5.97 Å². The standard InChI is InChI=1S/C15H20O5/c1-7-6-10(16)15(19)11(7)12-9(4-5-14(15,3)18)8(2)13(17)20-12/h6,9-12,16,18-19H,2,4-5H2,1,3H3/t9-,10+,11+,12-,14+,15-/m0/s1. The molecule has 3 rings (SSSR count). The van der Waals surface area contributed by atoms with Crippen molar-refractivity contribution in [2.24, 2.45) is 11.8 Å². The second-order valence-corrected chi connectivity index (χ2v) is 6.47. The molecule has 0 radical (unpaired) electrons. The monoisotopic (exact) mass is 280 g/mol. The maximum Gasteiger partial charge on any atom is 0.334 e. The highest BCUT2D eigenvalue weighted by molar-refractivity contribution is 5.91. The van der Waals surface area contributed by atoms with Crippen molar-refractivity contribution in [1.82, 2.24) is 0 Å². The largest absolute Gasteiger partial charge is 0.458 e. The van der Waals surface area contributed by atoms with E-state index in [9.17, 15) is 20.1 Å². The van der Waals surface area contributed by atoms with Gasteiger partial charge in [-0.2, -0.15) is 0 Å². The molecule has 0 aromatic heterocycles. The van der Waals surface area contributed by atoms with Crippen LogP contribution < -0.4 is 0 Å². The Morgan fingerprint density at radius 1 is 1.45 bits per heavy atom. The Bertz CT molecular complexity index is 520. The number of aliphatic hydroxyl groups excluding tert-OH is 1. The van der Waals surface area contributed by atoms with Crippen LogP contribution in [0.4, 0.5) is 0 Å². The van der Waals surface area contributed by atoms with Crippen LogP contribution in [-0.4, -0.2) is 44.7 Å². The lowest BCUT2D eigenvalue weighted by atomic mass is 9.71. The molecule has 0 bridgehead atoms. The highest BCUT2D eigenvalue weighted by Gasteiger charge is 2.65. The predicted molar refractivity (Wildman–Crippen MR) is 70.6 cm³/mol. The molecule has 1 aliphatic heterocycles. The normalized spacial score (nSPS) is 51.1. The van der Waals surface area contributed by atoms with Crippen molar-refractivity contribution in [3.05, 3.63) is 23.8 Å². The van der Waals surface area contributed by atoms with Crippen molar-refractivity contribution in [3.8, 4) is 0 Å². The van der Waals surface area contributed by atoms with Gasteiger partial charge < -0.3 is 20.1 Å². The number of ether oxygens (including phenoxy) is 1. The zero-order valence-electron chi connectivity index (χ0n) is 11.7. The minimum atomic E-state index is -1.73. The second kappa shape index (κ2) is 3.93. The van der Waals surface area contributed by atoms with Gasteiger partial charge in [0.1, 0.15) is 17.8 Å². The average Bonchev–Trinajstić information content (AvgIpc) is 2.71. The first kappa shape index (κ1) is 13.8. The third-order valence-electron chi connectivity index (χ3n) is 5.32. The summed E-state index contributed by atoms with van der Waals surface area (Å²) in [6.45, 7) is 7.08. The molecule has 6 atom stereocenters. The van der Waals surface area contributed by atoms with Crippen molar-refractivity contribution >= 4 is 5.97 Å². The van der Waals surface area contributed by atoms with E-state index < -0.39 is 35.3 Å². The molecule has 3 aliphatic rings. The van der Waals surface area contributed by atoms with E-state index in [1.54, 1.807) is 6.92 Å². The zero-order valence-corrected chi connectivity index (χ0v) is 11.7. The quantitative estimate of drug-likeness (QED) is 0.337. The number of esters is 1. The number of carbonyl (C=O) groups excluding carboxylic acids is 1. The molecular weight excluding hydrogens is 260 g/mol. The van der Waals surface area contributed by atoms with Gasteiger partial charge in [-0.1, -0.05) is 18.2 Å². The highest BCUT2D eigenvalue weighted by atomic mass is 16.6. The Morgan fingerprint density at radius 3 is 2.75 bits per heavy atom. The zero-order chi connectivity index (χ0) is 14.9. The molecule has 0 unspecified atom stereocenters. The van der Waals surface area contributed by atoms with E-state index in [0.29, 0.717) is 12.0 Å². The molecule has 1 saturated heterocycles. The molecule has 1 saturated carbocycles. The van der Waals surface area contributed by atoms with Crippen LogP contribution in [0.2, 0.25) is 0 Å². The van der Waals surface area contributed by atoms with Gasteiger partial charge in [-0.05, 0) is 26.7 Å². The molecule has 0 aromatic carbocycles. The minimum absolute atomic E-state index is 0.221. The van der Waals surface area contributed by atoms with Crippen LogP contribution in [0.1, 0.15) is 26.7 Å². The van der Waals surface area contributed by atoms with Crippen LogP contribution in [0.5, 0.6) is 0 Å². The van der Waals surface area contributed by atoms with Crippen LogP contribution in [0.3, 0.4) is 0 Å². The average molecular weight is 280 g/mol. The third kappa shape index (κ3) is 1.46. The van der Waals surface area contributed by atoms with Crippen molar-refractivity contribution in [2.45, 2.75) is 50.1 Å². The Balaban J connectivity index is 2.13. The van der Waals surface area contributed by atoms with E-state index in [1.165, 1.54) is 13.0 Å². The Hall–Kier alpha value is -1.17. The Kier molecular flexibility index (Phi) is 2.71. The fourth-order valence-electron chi connectivity index (χ4n) is 4.08. The SMILES string of the molecule is C=C1C(=O)O[C@@H]2[C@H]3C(C)=C[C@@H](O)[C@@]3(O)[C@](C)(O)CC[C@@H]12. The smallest absolute Gasteiger partial charge is 0.334 e. The summed E-state index contributed by atoms with van der Waals surface area (Å²) in [4.78, 5) is 11.7. The van der Waals surface area contributed by atoms with E-state index in [1.807, 2.05) is 0 Å². The first-order valence-corrected chi connectivity index (χ1v) is 6.91. The third-order valence-corrected chi connectivity index (χ3v) is 5.32. The summed E-state index contributed by atoms with van der Waals surface area (Å²) >= 11 is 0. The van der Waals surface area contributed by atoms with Crippen LogP contribution in [-0.2, 0) is 9.53 Å². The van der Waals surface area contributed by atoms with Gasteiger partial charge in [-0.3, -0.25) is 0 Å². The van der Waals surface area contributed by atoms with Gasteiger partial charge in [0, 0.05) is 11.5 Å². The maximum atomic E-state index is 11.7. The molecule has 20 heavy (non-hydrogen) atoms. The molecule has 5 heteroatoms. The van der Waals surface area contributed by atoms with Gasteiger partial charge in [0.15, 0.2) is 0 Å². The lowest BCUT2D eigenvalue weighted by molar-refractivity contribution is -0.209. The Labute approximate surface area is 117 Å². The molecule has 0 amide bonds. The lowest BCUT2D eigenvalue weighted by Crippen LogP contribution is -2.62. The number of fused-ring (bicyclic) bond motifs is 3. The van der Waals surface area contributed by atoms with Crippen LogP contribution in [0, 0.1) is 11.8 Å². The Morgan fingerprint density at radius 2 is 2.10 bits per heavy atom.